The summed E-state index contributed by atoms with van der Waals surface area (Å²) in [5, 5.41) is 0. The van der Waals surface area contributed by atoms with Crippen LogP contribution in [0.15, 0.2) is 23.2 Å². The quantitative estimate of drug-likeness (QED) is 0.698. The van der Waals surface area contributed by atoms with E-state index in [0.717, 1.165) is 17.1 Å². The summed E-state index contributed by atoms with van der Waals surface area (Å²) < 4.78 is 16.0. The van der Waals surface area contributed by atoms with Gasteiger partial charge in [-0.3, -0.25) is 0 Å². The highest BCUT2D eigenvalue weighted by Gasteiger charge is 2.18. The highest BCUT2D eigenvalue weighted by Crippen LogP contribution is 2.34. The zero-order valence-electron chi connectivity index (χ0n) is 8.18. The molecule has 0 spiro atoms. The van der Waals surface area contributed by atoms with Crippen molar-refractivity contribution >= 4 is 6.40 Å². The maximum atomic E-state index is 5.51. The summed E-state index contributed by atoms with van der Waals surface area (Å²) in [4.78, 5) is 4.21. The minimum absolute atomic E-state index is 0.0980. The fourth-order valence-corrected chi connectivity index (χ4v) is 1.74. The molecule has 0 N–H and O–H groups in total. The second kappa shape index (κ2) is 3.46. The van der Waals surface area contributed by atoms with E-state index in [-0.39, 0.29) is 6.04 Å². The van der Waals surface area contributed by atoms with Gasteiger partial charge in [0, 0.05) is 0 Å². The molecular weight excluding hydrogens is 194 g/mol. The summed E-state index contributed by atoms with van der Waals surface area (Å²) in [5.74, 6) is 1.62. The molecule has 3 rings (SSSR count). The van der Waals surface area contributed by atoms with Crippen LogP contribution in [0, 0.1) is 0 Å². The van der Waals surface area contributed by atoms with Gasteiger partial charge in [0.25, 0.3) is 0 Å². The molecule has 1 unspecified atom stereocenters. The highest BCUT2D eigenvalue weighted by molar-refractivity contribution is 5.51. The Kier molecular flexibility index (Phi) is 1.98. The van der Waals surface area contributed by atoms with E-state index in [0.29, 0.717) is 19.8 Å². The van der Waals surface area contributed by atoms with Gasteiger partial charge < -0.3 is 14.2 Å². The van der Waals surface area contributed by atoms with Crippen molar-refractivity contribution in [2.24, 2.45) is 4.99 Å². The summed E-state index contributed by atoms with van der Waals surface area (Å²) in [6.45, 7) is 1.84. The van der Waals surface area contributed by atoms with Crippen LogP contribution in [-0.2, 0) is 4.74 Å². The fraction of sp³-hybridized carbons (Fsp3) is 0.364. The van der Waals surface area contributed by atoms with Gasteiger partial charge in [0.05, 0.1) is 0 Å². The predicted molar refractivity (Wildman–Crippen MR) is 54.6 cm³/mol. The lowest BCUT2D eigenvalue weighted by atomic mass is 10.1. The molecular formula is C11H11NO3. The average molecular weight is 205 g/mol. The minimum Gasteiger partial charge on any atom is -0.486 e. The molecule has 1 aromatic carbocycles. The Balaban J connectivity index is 1.93. The van der Waals surface area contributed by atoms with Crippen molar-refractivity contribution in [1.82, 2.24) is 0 Å². The van der Waals surface area contributed by atoms with Crippen molar-refractivity contribution in [3.05, 3.63) is 23.8 Å². The zero-order valence-corrected chi connectivity index (χ0v) is 8.18. The van der Waals surface area contributed by atoms with E-state index in [1.54, 1.807) is 0 Å². The smallest absolute Gasteiger partial charge is 0.170 e. The molecule has 4 nitrogen and oxygen atoms in total. The summed E-state index contributed by atoms with van der Waals surface area (Å²) in [6.07, 6.45) is 1.50. The molecule has 2 aliphatic heterocycles. The van der Waals surface area contributed by atoms with E-state index in [2.05, 4.69) is 4.99 Å². The van der Waals surface area contributed by atoms with Crippen LogP contribution in [0.2, 0.25) is 0 Å². The molecule has 1 aromatic rings. The molecule has 15 heavy (non-hydrogen) atoms. The van der Waals surface area contributed by atoms with Crippen LogP contribution in [0.1, 0.15) is 11.6 Å². The van der Waals surface area contributed by atoms with Gasteiger partial charge in [-0.25, -0.2) is 4.99 Å². The Morgan fingerprint density at radius 2 is 2.00 bits per heavy atom. The Labute approximate surface area is 87.5 Å². The predicted octanol–water partition coefficient (Wildman–Crippen LogP) is 1.56. The number of fused-ring (bicyclic) bond motifs is 1. The molecule has 2 heterocycles. The SMILES string of the molecule is C1=NC(c2ccc3c(c2)OCCO3)CO1. The maximum Gasteiger partial charge on any atom is 0.170 e. The standard InChI is InChI=1S/C11H11NO3/c1-2-10-11(15-4-3-14-10)5-8(1)9-6-13-7-12-9/h1-2,5,7,9H,3-4,6H2. The minimum atomic E-state index is 0.0980. The molecule has 0 bridgehead atoms. The monoisotopic (exact) mass is 205 g/mol. The molecule has 0 radical (unpaired) electrons. The summed E-state index contributed by atoms with van der Waals surface area (Å²) in [7, 11) is 0. The number of hydrogen-bond acceptors (Lipinski definition) is 4. The van der Waals surface area contributed by atoms with Crippen molar-refractivity contribution in [3.63, 3.8) is 0 Å². The van der Waals surface area contributed by atoms with E-state index in [1.807, 2.05) is 18.2 Å². The van der Waals surface area contributed by atoms with E-state index in [1.165, 1.54) is 6.40 Å². The number of ether oxygens (including phenoxy) is 3. The Morgan fingerprint density at radius 1 is 1.13 bits per heavy atom. The zero-order chi connectivity index (χ0) is 10.1. The molecule has 78 valence electrons. The van der Waals surface area contributed by atoms with Crippen LogP contribution in [0.3, 0.4) is 0 Å². The topological polar surface area (TPSA) is 40.0 Å². The fourth-order valence-electron chi connectivity index (χ4n) is 1.74. The second-order valence-corrected chi connectivity index (χ2v) is 3.51. The molecule has 4 heteroatoms. The number of benzene rings is 1. The number of nitrogens with zero attached hydrogens (tertiary/aromatic N) is 1. The summed E-state index contributed by atoms with van der Waals surface area (Å²) in [5.41, 5.74) is 1.10. The molecule has 2 aliphatic rings. The third kappa shape index (κ3) is 1.52. The lowest BCUT2D eigenvalue weighted by Crippen LogP contribution is -2.15. The van der Waals surface area contributed by atoms with Crippen molar-refractivity contribution in [1.29, 1.82) is 0 Å². The number of rotatable bonds is 1. The summed E-state index contributed by atoms with van der Waals surface area (Å²) >= 11 is 0. The highest BCUT2D eigenvalue weighted by atomic mass is 16.6. The van der Waals surface area contributed by atoms with Gasteiger partial charge in [-0.2, -0.15) is 0 Å². The first-order valence-corrected chi connectivity index (χ1v) is 4.96. The van der Waals surface area contributed by atoms with E-state index in [4.69, 9.17) is 14.2 Å². The van der Waals surface area contributed by atoms with E-state index in [9.17, 15) is 0 Å². The van der Waals surface area contributed by atoms with Crippen molar-refractivity contribution in [3.8, 4) is 11.5 Å². The Hall–Kier alpha value is -1.71. The van der Waals surface area contributed by atoms with Gasteiger partial charge in [-0.1, -0.05) is 6.07 Å². The normalized spacial score (nSPS) is 22.5. The third-order valence-electron chi connectivity index (χ3n) is 2.52. The van der Waals surface area contributed by atoms with Crippen LogP contribution in [0.4, 0.5) is 0 Å². The average Bonchev–Trinajstić information content (AvgIpc) is 2.82. The largest absolute Gasteiger partial charge is 0.486 e. The first-order valence-electron chi connectivity index (χ1n) is 4.96. The first-order chi connectivity index (χ1) is 7.43. The molecule has 0 aliphatic carbocycles. The number of hydrogen-bond donors (Lipinski definition) is 0. The van der Waals surface area contributed by atoms with Crippen LogP contribution >= 0.6 is 0 Å². The summed E-state index contributed by atoms with van der Waals surface area (Å²) in [6, 6.07) is 6.01. The molecule has 0 saturated carbocycles. The molecule has 0 amide bonds. The van der Waals surface area contributed by atoms with Gasteiger partial charge in [0.1, 0.15) is 25.9 Å². The lowest BCUT2D eigenvalue weighted by molar-refractivity contribution is 0.171. The van der Waals surface area contributed by atoms with Gasteiger partial charge in [0.2, 0.25) is 0 Å². The Bertz CT molecular complexity index is 403. The van der Waals surface area contributed by atoms with Crippen molar-refractivity contribution < 1.29 is 14.2 Å². The van der Waals surface area contributed by atoms with Crippen LogP contribution in [0.25, 0.3) is 0 Å². The molecule has 1 atom stereocenters. The third-order valence-corrected chi connectivity index (χ3v) is 2.52. The maximum absolute atomic E-state index is 5.51. The van der Waals surface area contributed by atoms with Crippen LogP contribution < -0.4 is 9.47 Å². The van der Waals surface area contributed by atoms with E-state index >= 15 is 0 Å². The number of aliphatic imine (C=N–C) groups is 1. The Morgan fingerprint density at radius 3 is 2.80 bits per heavy atom. The molecule has 0 aromatic heterocycles. The second-order valence-electron chi connectivity index (χ2n) is 3.51. The van der Waals surface area contributed by atoms with Crippen LogP contribution in [0.5, 0.6) is 11.5 Å². The van der Waals surface area contributed by atoms with Crippen molar-refractivity contribution in [2.45, 2.75) is 6.04 Å². The van der Waals surface area contributed by atoms with Crippen molar-refractivity contribution in [2.75, 3.05) is 19.8 Å². The van der Waals surface area contributed by atoms with Gasteiger partial charge >= 0.3 is 0 Å². The van der Waals surface area contributed by atoms with Gasteiger partial charge in [0.15, 0.2) is 17.9 Å². The van der Waals surface area contributed by atoms with Gasteiger partial charge in [-0.05, 0) is 17.7 Å². The van der Waals surface area contributed by atoms with Gasteiger partial charge in [-0.15, -0.1) is 0 Å². The molecule has 0 saturated heterocycles. The van der Waals surface area contributed by atoms with E-state index < -0.39 is 0 Å². The van der Waals surface area contributed by atoms with Crippen LogP contribution in [-0.4, -0.2) is 26.2 Å². The first kappa shape index (κ1) is 8.59. The molecule has 0 fully saturated rings. The lowest BCUT2D eigenvalue weighted by Gasteiger charge is -2.19.